The van der Waals surface area contributed by atoms with Crippen LogP contribution in [-0.2, 0) is 0 Å². The molecular formula is C14H22N2O. The number of unbranched alkanes of at least 4 members (excludes halogenated alkanes) is 3. The van der Waals surface area contributed by atoms with Gasteiger partial charge >= 0.3 is 0 Å². The van der Waals surface area contributed by atoms with E-state index in [4.69, 9.17) is 4.74 Å². The summed E-state index contributed by atoms with van der Waals surface area (Å²) >= 11 is 0. The molecule has 1 heterocycles. The average molecular weight is 234 g/mol. The first-order chi connectivity index (χ1) is 8.27. The molecule has 0 radical (unpaired) electrons. The van der Waals surface area contributed by atoms with Crippen LogP contribution in [0.15, 0.2) is 24.8 Å². The lowest BCUT2D eigenvalue weighted by Gasteiger charge is -2.06. The van der Waals surface area contributed by atoms with Gasteiger partial charge in [0.1, 0.15) is 0 Å². The highest BCUT2D eigenvalue weighted by molar-refractivity contribution is 5.16. The van der Waals surface area contributed by atoms with Crippen molar-refractivity contribution in [2.75, 3.05) is 6.61 Å². The fourth-order valence-corrected chi connectivity index (χ4v) is 1.48. The first kappa shape index (κ1) is 13.7. The summed E-state index contributed by atoms with van der Waals surface area (Å²) in [5.41, 5.74) is 0.929. The minimum absolute atomic E-state index is 0.237. The van der Waals surface area contributed by atoms with Gasteiger partial charge < -0.3 is 4.74 Å². The van der Waals surface area contributed by atoms with E-state index in [0.717, 1.165) is 18.7 Å². The SMILES string of the molecule is C=CC(C)c1ccc(OCCCCCC)nn1. The topological polar surface area (TPSA) is 35.0 Å². The maximum Gasteiger partial charge on any atom is 0.233 e. The third-order valence-electron chi connectivity index (χ3n) is 2.73. The second-order valence-electron chi connectivity index (χ2n) is 4.23. The molecule has 3 heteroatoms. The van der Waals surface area contributed by atoms with Crippen molar-refractivity contribution in [3.05, 3.63) is 30.5 Å². The van der Waals surface area contributed by atoms with Gasteiger partial charge in [-0.2, -0.15) is 5.10 Å². The molecule has 1 aromatic rings. The molecule has 0 aliphatic heterocycles. The van der Waals surface area contributed by atoms with E-state index in [1.807, 2.05) is 25.1 Å². The lowest BCUT2D eigenvalue weighted by Crippen LogP contribution is -2.02. The zero-order chi connectivity index (χ0) is 12.5. The molecule has 0 saturated heterocycles. The minimum atomic E-state index is 0.237. The standard InChI is InChI=1S/C14H22N2O/c1-4-6-7-8-11-17-14-10-9-13(15-16-14)12(3)5-2/h5,9-10,12H,2,4,6-8,11H2,1,3H3. The molecule has 1 atom stereocenters. The number of nitrogens with zero attached hydrogens (tertiary/aromatic N) is 2. The van der Waals surface area contributed by atoms with E-state index in [2.05, 4.69) is 23.7 Å². The van der Waals surface area contributed by atoms with Crippen LogP contribution in [-0.4, -0.2) is 16.8 Å². The van der Waals surface area contributed by atoms with Crippen LogP contribution in [0.3, 0.4) is 0 Å². The molecule has 0 aliphatic carbocycles. The van der Waals surface area contributed by atoms with E-state index in [-0.39, 0.29) is 5.92 Å². The van der Waals surface area contributed by atoms with Gasteiger partial charge in [0.2, 0.25) is 5.88 Å². The molecule has 1 unspecified atom stereocenters. The second kappa shape index (κ2) is 7.82. The van der Waals surface area contributed by atoms with Crippen molar-refractivity contribution in [3.8, 4) is 5.88 Å². The normalized spacial score (nSPS) is 12.1. The summed E-state index contributed by atoms with van der Waals surface area (Å²) in [4.78, 5) is 0. The molecule has 0 aliphatic rings. The monoisotopic (exact) mass is 234 g/mol. The number of hydrogen-bond acceptors (Lipinski definition) is 3. The smallest absolute Gasteiger partial charge is 0.233 e. The van der Waals surface area contributed by atoms with Crippen LogP contribution in [0.25, 0.3) is 0 Å². The van der Waals surface area contributed by atoms with Gasteiger partial charge in [-0.05, 0) is 12.5 Å². The molecule has 0 fully saturated rings. The van der Waals surface area contributed by atoms with Crippen molar-refractivity contribution in [1.29, 1.82) is 0 Å². The van der Waals surface area contributed by atoms with E-state index in [0.29, 0.717) is 5.88 Å². The van der Waals surface area contributed by atoms with Gasteiger partial charge in [-0.25, -0.2) is 0 Å². The molecule has 94 valence electrons. The van der Waals surface area contributed by atoms with Gasteiger partial charge in [0, 0.05) is 12.0 Å². The molecule has 1 rings (SSSR count). The first-order valence-electron chi connectivity index (χ1n) is 6.37. The Bertz CT molecular complexity index is 321. The van der Waals surface area contributed by atoms with Gasteiger partial charge in [-0.3, -0.25) is 0 Å². The Morgan fingerprint density at radius 2 is 2.12 bits per heavy atom. The molecule has 17 heavy (non-hydrogen) atoms. The highest BCUT2D eigenvalue weighted by Gasteiger charge is 2.03. The van der Waals surface area contributed by atoms with Crippen molar-refractivity contribution in [2.24, 2.45) is 0 Å². The minimum Gasteiger partial charge on any atom is -0.477 e. The number of rotatable bonds is 8. The fourth-order valence-electron chi connectivity index (χ4n) is 1.48. The molecule has 0 N–H and O–H groups in total. The van der Waals surface area contributed by atoms with Gasteiger partial charge in [-0.1, -0.05) is 39.2 Å². The summed E-state index contributed by atoms with van der Waals surface area (Å²) in [5.74, 6) is 0.850. The van der Waals surface area contributed by atoms with Crippen LogP contribution in [0.4, 0.5) is 0 Å². The van der Waals surface area contributed by atoms with Crippen molar-refractivity contribution < 1.29 is 4.74 Å². The number of aromatic nitrogens is 2. The summed E-state index contributed by atoms with van der Waals surface area (Å²) in [6.07, 6.45) is 6.67. The van der Waals surface area contributed by atoms with Crippen LogP contribution in [0.1, 0.15) is 51.1 Å². The highest BCUT2D eigenvalue weighted by atomic mass is 16.5. The van der Waals surface area contributed by atoms with Crippen LogP contribution < -0.4 is 4.74 Å². The predicted molar refractivity (Wildman–Crippen MR) is 70.3 cm³/mol. The Morgan fingerprint density at radius 3 is 2.71 bits per heavy atom. The summed E-state index contributed by atoms with van der Waals surface area (Å²) in [5, 5.41) is 8.16. The molecule has 0 saturated carbocycles. The Balaban J connectivity index is 2.33. The molecule has 0 amide bonds. The molecule has 0 bridgehead atoms. The predicted octanol–water partition coefficient (Wildman–Crippen LogP) is 3.73. The second-order valence-corrected chi connectivity index (χ2v) is 4.23. The number of ether oxygens (including phenoxy) is 1. The van der Waals surface area contributed by atoms with Crippen molar-refractivity contribution in [3.63, 3.8) is 0 Å². The molecule has 0 aromatic carbocycles. The van der Waals surface area contributed by atoms with E-state index < -0.39 is 0 Å². The van der Waals surface area contributed by atoms with Crippen LogP contribution in [0.2, 0.25) is 0 Å². The van der Waals surface area contributed by atoms with Gasteiger partial charge in [0.15, 0.2) is 0 Å². The molecular weight excluding hydrogens is 212 g/mol. The van der Waals surface area contributed by atoms with E-state index in [9.17, 15) is 0 Å². The van der Waals surface area contributed by atoms with Crippen molar-refractivity contribution in [2.45, 2.75) is 45.4 Å². The van der Waals surface area contributed by atoms with E-state index in [1.54, 1.807) is 0 Å². The van der Waals surface area contributed by atoms with Crippen LogP contribution >= 0.6 is 0 Å². The van der Waals surface area contributed by atoms with Crippen LogP contribution in [0, 0.1) is 0 Å². The Labute approximate surface area is 104 Å². The van der Waals surface area contributed by atoms with Crippen molar-refractivity contribution in [1.82, 2.24) is 10.2 Å². The average Bonchev–Trinajstić information content (AvgIpc) is 2.38. The highest BCUT2D eigenvalue weighted by Crippen LogP contribution is 2.14. The summed E-state index contributed by atoms with van der Waals surface area (Å²) < 4.78 is 5.52. The summed E-state index contributed by atoms with van der Waals surface area (Å²) in [7, 11) is 0. The fraction of sp³-hybridized carbons (Fsp3) is 0.571. The lowest BCUT2D eigenvalue weighted by molar-refractivity contribution is 0.290. The molecule has 0 spiro atoms. The Kier molecular flexibility index (Phi) is 6.30. The van der Waals surface area contributed by atoms with Crippen molar-refractivity contribution >= 4 is 0 Å². The third-order valence-corrected chi connectivity index (χ3v) is 2.73. The Morgan fingerprint density at radius 1 is 1.29 bits per heavy atom. The number of allylic oxidation sites excluding steroid dienone is 1. The van der Waals surface area contributed by atoms with Gasteiger partial charge in [-0.15, -0.1) is 11.7 Å². The van der Waals surface area contributed by atoms with E-state index >= 15 is 0 Å². The maximum absolute atomic E-state index is 5.52. The third kappa shape index (κ3) is 4.98. The lowest BCUT2D eigenvalue weighted by atomic mass is 10.1. The zero-order valence-corrected chi connectivity index (χ0v) is 10.9. The quantitative estimate of drug-likeness (QED) is 0.508. The number of hydrogen-bond donors (Lipinski definition) is 0. The van der Waals surface area contributed by atoms with Gasteiger partial charge in [0.05, 0.1) is 12.3 Å². The van der Waals surface area contributed by atoms with Gasteiger partial charge in [0.25, 0.3) is 0 Å². The largest absolute Gasteiger partial charge is 0.477 e. The first-order valence-corrected chi connectivity index (χ1v) is 6.37. The maximum atomic E-state index is 5.52. The molecule has 1 aromatic heterocycles. The zero-order valence-electron chi connectivity index (χ0n) is 10.9. The summed E-state index contributed by atoms with van der Waals surface area (Å²) in [6, 6.07) is 3.82. The Hall–Kier alpha value is -1.38. The summed E-state index contributed by atoms with van der Waals surface area (Å²) in [6.45, 7) is 8.71. The molecule has 3 nitrogen and oxygen atoms in total. The van der Waals surface area contributed by atoms with Crippen LogP contribution in [0.5, 0.6) is 5.88 Å². The van der Waals surface area contributed by atoms with E-state index in [1.165, 1.54) is 19.3 Å².